The number of hydrogen-bond acceptors (Lipinski definition) is 5. The van der Waals surface area contributed by atoms with E-state index in [1.165, 1.54) is 6.07 Å². The van der Waals surface area contributed by atoms with Crippen LogP contribution in [0.5, 0.6) is 0 Å². The van der Waals surface area contributed by atoms with Crippen molar-refractivity contribution in [2.24, 2.45) is 0 Å². The van der Waals surface area contributed by atoms with Crippen LogP contribution in [0.1, 0.15) is 23.0 Å². The number of carbonyl (C=O) groups is 3. The molecule has 9 nitrogen and oxygen atoms in total. The monoisotopic (exact) mass is 496 g/mol. The Morgan fingerprint density at radius 3 is 2.56 bits per heavy atom. The highest BCUT2D eigenvalue weighted by atomic mass is 19.2. The van der Waals surface area contributed by atoms with Crippen LogP contribution in [0, 0.1) is 25.5 Å². The lowest BCUT2D eigenvalue weighted by Crippen LogP contribution is -2.53. The van der Waals surface area contributed by atoms with Crippen LogP contribution in [0.25, 0.3) is 5.69 Å². The van der Waals surface area contributed by atoms with E-state index in [9.17, 15) is 23.2 Å². The number of aryl methyl sites for hydroxylation is 1. The molecule has 0 bridgehead atoms. The molecule has 1 fully saturated rings. The van der Waals surface area contributed by atoms with E-state index < -0.39 is 29.5 Å². The zero-order valence-corrected chi connectivity index (χ0v) is 19.8. The van der Waals surface area contributed by atoms with Gasteiger partial charge in [-0.05, 0) is 38.1 Å². The average molecular weight is 497 g/mol. The van der Waals surface area contributed by atoms with Crippen LogP contribution in [0.2, 0.25) is 0 Å². The molecule has 0 spiro atoms. The fourth-order valence-corrected chi connectivity index (χ4v) is 4.27. The highest BCUT2D eigenvalue weighted by Crippen LogP contribution is 2.30. The Labute approximate surface area is 206 Å². The largest absolute Gasteiger partial charge is 0.353 e. The minimum atomic E-state index is -1.09. The van der Waals surface area contributed by atoms with E-state index in [-0.39, 0.29) is 24.7 Å². The number of anilines is 1. The zero-order chi connectivity index (χ0) is 25.8. The summed E-state index contributed by atoms with van der Waals surface area (Å²) < 4.78 is 28.1. The molecular weight excluding hydrogens is 470 g/mol. The summed E-state index contributed by atoms with van der Waals surface area (Å²) in [6.07, 6.45) is 0. The first-order valence-electron chi connectivity index (χ1n) is 11.4. The molecule has 1 aliphatic rings. The standard InChI is InChI=1S/C25H26F2N6O3/c1-15-23(16(2)33(31-15)18-6-4-3-5-7-18)24-25(36)28-10-11-32(24)14-22(35)29-13-21(34)30-17-8-9-19(26)20(27)12-17/h3-9,12,24H,10-11,13-14H2,1-2H3,(H,28,36)(H,29,35)(H,30,34). The summed E-state index contributed by atoms with van der Waals surface area (Å²) in [6.45, 7) is 4.03. The molecule has 1 atom stereocenters. The minimum absolute atomic E-state index is 0.0716. The molecule has 188 valence electrons. The maximum absolute atomic E-state index is 13.3. The van der Waals surface area contributed by atoms with Crippen molar-refractivity contribution in [3.05, 3.63) is 77.1 Å². The number of para-hydroxylation sites is 1. The van der Waals surface area contributed by atoms with Gasteiger partial charge in [0.05, 0.1) is 24.5 Å². The summed E-state index contributed by atoms with van der Waals surface area (Å²) in [7, 11) is 0. The second-order valence-corrected chi connectivity index (χ2v) is 8.45. The van der Waals surface area contributed by atoms with Crippen LogP contribution in [0.15, 0.2) is 48.5 Å². The normalized spacial score (nSPS) is 15.9. The summed E-state index contributed by atoms with van der Waals surface area (Å²) in [4.78, 5) is 39.4. The van der Waals surface area contributed by atoms with Gasteiger partial charge in [-0.1, -0.05) is 18.2 Å². The van der Waals surface area contributed by atoms with Crippen molar-refractivity contribution in [3.8, 4) is 5.69 Å². The third kappa shape index (κ3) is 5.41. The number of hydrogen-bond donors (Lipinski definition) is 3. The third-order valence-electron chi connectivity index (χ3n) is 5.93. The molecule has 2 aromatic carbocycles. The van der Waals surface area contributed by atoms with Gasteiger partial charge in [-0.25, -0.2) is 13.5 Å². The number of aromatic nitrogens is 2. The van der Waals surface area contributed by atoms with Crippen molar-refractivity contribution in [2.45, 2.75) is 19.9 Å². The molecule has 3 aromatic rings. The fraction of sp³-hybridized carbons (Fsp3) is 0.280. The molecular formula is C25H26F2N6O3. The molecule has 11 heteroatoms. The Balaban J connectivity index is 1.44. The van der Waals surface area contributed by atoms with Crippen molar-refractivity contribution < 1.29 is 23.2 Å². The number of nitrogens with zero attached hydrogens (tertiary/aromatic N) is 3. The molecule has 3 N–H and O–H groups in total. The molecule has 1 aromatic heterocycles. The number of carbonyl (C=O) groups excluding carboxylic acids is 3. The molecule has 2 heterocycles. The van der Waals surface area contributed by atoms with Gasteiger partial charge in [0.1, 0.15) is 6.04 Å². The second-order valence-electron chi connectivity index (χ2n) is 8.45. The van der Waals surface area contributed by atoms with Gasteiger partial charge in [-0.2, -0.15) is 5.10 Å². The number of nitrogens with one attached hydrogen (secondary N) is 3. The predicted molar refractivity (Wildman–Crippen MR) is 128 cm³/mol. The van der Waals surface area contributed by atoms with Crippen molar-refractivity contribution >= 4 is 23.4 Å². The van der Waals surface area contributed by atoms with E-state index in [1.54, 1.807) is 9.58 Å². The van der Waals surface area contributed by atoms with Gasteiger partial charge in [0.15, 0.2) is 11.6 Å². The first-order chi connectivity index (χ1) is 17.2. The zero-order valence-electron chi connectivity index (χ0n) is 19.8. The molecule has 4 rings (SSSR count). The van der Waals surface area contributed by atoms with Gasteiger partial charge in [0, 0.05) is 36.1 Å². The Kier molecular flexibility index (Phi) is 7.39. The van der Waals surface area contributed by atoms with Crippen molar-refractivity contribution in [3.63, 3.8) is 0 Å². The molecule has 36 heavy (non-hydrogen) atoms. The van der Waals surface area contributed by atoms with Crippen LogP contribution in [0.3, 0.4) is 0 Å². The SMILES string of the molecule is Cc1nn(-c2ccccc2)c(C)c1C1C(=O)NCCN1CC(=O)NCC(=O)Nc1ccc(F)c(F)c1. The molecule has 0 radical (unpaired) electrons. The fourth-order valence-electron chi connectivity index (χ4n) is 4.27. The lowest BCUT2D eigenvalue weighted by atomic mass is 10.00. The topological polar surface area (TPSA) is 108 Å². The van der Waals surface area contributed by atoms with E-state index in [1.807, 2.05) is 44.2 Å². The van der Waals surface area contributed by atoms with E-state index in [0.717, 1.165) is 29.1 Å². The van der Waals surface area contributed by atoms with Crippen LogP contribution in [0.4, 0.5) is 14.5 Å². The van der Waals surface area contributed by atoms with Gasteiger partial charge < -0.3 is 16.0 Å². The first kappa shape index (κ1) is 25.0. The molecule has 1 saturated heterocycles. The Hall–Kier alpha value is -4.12. The second kappa shape index (κ2) is 10.6. The van der Waals surface area contributed by atoms with E-state index >= 15 is 0 Å². The first-order valence-corrected chi connectivity index (χ1v) is 11.4. The number of benzene rings is 2. The number of piperazine rings is 1. The number of rotatable bonds is 7. The molecule has 3 amide bonds. The molecule has 1 unspecified atom stereocenters. The molecule has 0 saturated carbocycles. The minimum Gasteiger partial charge on any atom is -0.353 e. The Morgan fingerprint density at radius 1 is 1.08 bits per heavy atom. The van der Waals surface area contributed by atoms with Crippen molar-refractivity contribution in [1.82, 2.24) is 25.3 Å². The van der Waals surface area contributed by atoms with Gasteiger partial charge >= 0.3 is 0 Å². The van der Waals surface area contributed by atoms with E-state index in [4.69, 9.17) is 0 Å². The highest BCUT2D eigenvalue weighted by Gasteiger charge is 2.36. The summed E-state index contributed by atoms with van der Waals surface area (Å²) >= 11 is 0. The highest BCUT2D eigenvalue weighted by molar-refractivity contribution is 5.95. The van der Waals surface area contributed by atoms with Crippen LogP contribution >= 0.6 is 0 Å². The van der Waals surface area contributed by atoms with Crippen LogP contribution < -0.4 is 16.0 Å². The van der Waals surface area contributed by atoms with Gasteiger partial charge in [0.2, 0.25) is 17.7 Å². The lowest BCUT2D eigenvalue weighted by Gasteiger charge is -2.34. The third-order valence-corrected chi connectivity index (χ3v) is 5.93. The summed E-state index contributed by atoms with van der Waals surface area (Å²) in [6, 6.07) is 11.8. The smallest absolute Gasteiger partial charge is 0.243 e. The van der Waals surface area contributed by atoms with Gasteiger partial charge in [-0.3, -0.25) is 19.3 Å². The van der Waals surface area contributed by atoms with Crippen LogP contribution in [-0.2, 0) is 14.4 Å². The number of amides is 3. The molecule has 1 aliphatic heterocycles. The summed E-state index contributed by atoms with van der Waals surface area (Å²) in [5.74, 6) is -3.41. The predicted octanol–water partition coefficient (Wildman–Crippen LogP) is 2.00. The number of halogens is 2. The van der Waals surface area contributed by atoms with Crippen molar-refractivity contribution in [1.29, 1.82) is 0 Å². The van der Waals surface area contributed by atoms with E-state index in [2.05, 4.69) is 21.0 Å². The van der Waals surface area contributed by atoms with Crippen LogP contribution in [-0.4, -0.2) is 58.6 Å². The maximum Gasteiger partial charge on any atom is 0.243 e. The van der Waals surface area contributed by atoms with E-state index in [0.29, 0.717) is 18.8 Å². The average Bonchev–Trinajstić information content (AvgIpc) is 3.14. The lowest BCUT2D eigenvalue weighted by molar-refractivity contribution is -0.132. The quantitative estimate of drug-likeness (QED) is 0.464. The summed E-state index contributed by atoms with van der Waals surface area (Å²) in [5, 5.41) is 12.4. The van der Waals surface area contributed by atoms with Gasteiger partial charge in [0.25, 0.3) is 0 Å². The van der Waals surface area contributed by atoms with Gasteiger partial charge in [-0.15, -0.1) is 0 Å². The molecule has 0 aliphatic carbocycles. The summed E-state index contributed by atoms with van der Waals surface area (Å²) in [5.41, 5.74) is 3.12. The van der Waals surface area contributed by atoms with Crippen molar-refractivity contribution in [2.75, 3.05) is 31.5 Å². The Morgan fingerprint density at radius 2 is 1.83 bits per heavy atom. The Bertz CT molecular complexity index is 1290. The maximum atomic E-state index is 13.3.